The summed E-state index contributed by atoms with van der Waals surface area (Å²) in [5, 5.41) is 9.43. The summed E-state index contributed by atoms with van der Waals surface area (Å²) in [5.74, 6) is 1.98. The Balaban J connectivity index is 1.68. The third-order valence-corrected chi connectivity index (χ3v) is 4.21. The Kier molecular flexibility index (Phi) is 3.86. The molecule has 2 saturated carbocycles. The van der Waals surface area contributed by atoms with Crippen molar-refractivity contribution >= 4 is 0 Å². The molecule has 0 unspecified atom stereocenters. The fourth-order valence-electron chi connectivity index (χ4n) is 3.27. The van der Waals surface area contributed by atoms with E-state index in [1.165, 1.54) is 51.4 Å². The third-order valence-electron chi connectivity index (χ3n) is 4.21. The van der Waals surface area contributed by atoms with Gasteiger partial charge in [0.25, 0.3) is 0 Å². The predicted octanol–water partition coefficient (Wildman–Crippen LogP) is 3.51. The van der Waals surface area contributed by atoms with Gasteiger partial charge in [0.2, 0.25) is 0 Å². The average molecular weight is 196 g/mol. The molecule has 0 spiro atoms. The SMILES string of the molecule is OC1CCC(CC2CCCCC2)CC1. The van der Waals surface area contributed by atoms with Gasteiger partial charge in [0.1, 0.15) is 0 Å². The maximum Gasteiger partial charge on any atom is 0.0540 e. The van der Waals surface area contributed by atoms with Crippen molar-refractivity contribution in [3.05, 3.63) is 0 Å². The van der Waals surface area contributed by atoms with Crippen LogP contribution in [0.2, 0.25) is 0 Å². The van der Waals surface area contributed by atoms with Gasteiger partial charge in [0, 0.05) is 0 Å². The molecule has 2 rings (SSSR count). The van der Waals surface area contributed by atoms with Gasteiger partial charge < -0.3 is 5.11 Å². The molecule has 0 aromatic heterocycles. The van der Waals surface area contributed by atoms with Crippen LogP contribution in [0, 0.1) is 11.8 Å². The smallest absolute Gasteiger partial charge is 0.0540 e. The molecule has 0 heterocycles. The summed E-state index contributed by atoms with van der Waals surface area (Å²) >= 11 is 0. The van der Waals surface area contributed by atoms with Crippen LogP contribution in [0.5, 0.6) is 0 Å². The second-order valence-corrected chi connectivity index (χ2v) is 5.41. The number of hydrogen-bond acceptors (Lipinski definition) is 1. The highest BCUT2D eigenvalue weighted by Crippen LogP contribution is 2.35. The van der Waals surface area contributed by atoms with Gasteiger partial charge in [-0.15, -0.1) is 0 Å². The van der Waals surface area contributed by atoms with Gasteiger partial charge in [-0.2, -0.15) is 0 Å². The fourth-order valence-corrected chi connectivity index (χ4v) is 3.27. The molecular formula is C13H24O. The largest absolute Gasteiger partial charge is 0.393 e. The van der Waals surface area contributed by atoms with Crippen molar-refractivity contribution in [1.29, 1.82) is 0 Å². The monoisotopic (exact) mass is 196 g/mol. The van der Waals surface area contributed by atoms with E-state index in [9.17, 15) is 5.11 Å². The molecule has 14 heavy (non-hydrogen) atoms. The molecular weight excluding hydrogens is 172 g/mol. The van der Waals surface area contributed by atoms with Crippen LogP contribution in [0.25, 0.3) is 0 Å². The van der Waals surface area contributed by atoms with E-state index in [0.29, 0.717) is 0 Å². The van der Waals surface area contributed by atoms with Gasteiger partial charge >= 0.3 is 0 Å². The summed E-state index contributed by atoms with van der Waals surface area (Å²) in [6.07, 6.45) is 13.6. The molecule has 2 aliphatic carbocycles. The van der Waals surface area contributed by atoms with Gasteiger partial charge in [-0.1, -0.05) is 32.1 Å². The van der Waals surface area contributed by atoms with Crippen molar-refractivity contribution in [2.45, 2.75) is 70.3 Å². The van der Waals surface area contributed by atoms with E-state index in [0.717, 1.165) is 24.7 Å². The summed E-state index contributed by atoms with van der Waals surface area (Å²) in [6, 6.07) is 0. The molecule has 0 bridgehead atoms. The molecule has 1 nitrogen and oxygen atoms in total. The molecule has 0 aromatic carbocycles. The van der Waals surface area contributed by atoms with Crippen LogP contribution in [0.4, 0.5) is 0 Å². The summed E-state index contributed by atoms with van der Waals surface area (Å²) in [4.78, 5) is 0. The fraction of sp³-hybridized carbons (Fsp3) is 1.00. The van der Waals surface area contributed by atoms with E-state index in [-0.39, 0.29) is 6.10 Å². The van der Waals surface area contributed by atoms with Crippen LogP contribution in [0.1, 0.15) is 64.2 Å². The number of hydrogen-bond donors (Lipinski definition) is 1. The Morgan fingerprint density at radius 3 is 1.93 bits per heavy atom. The van der Waals surface area contributed by atoms with E-state index in [1.807, 2.05) is 0 Å². The molecule has 0 saturated heterocycles. The van der Waals surface area contributed by atoms with E-state index < -0.39 is 0 Å². The molecule has 0 aliphatic heterocycles. The maximum atomic E-state index is 9.43. The molecule has 0 aromatic rings. The van der Waals surface area contributed by atoms with Crippen LogP contribution in [-0.4, -0.2) is 11.2 Å². The quantitative estimate of drug-likeness (QED) is 0.716. The first-order valence-electron chi connectivity index (χ1n) is 6.52. The summed E-state index contributed by atoms with van der Waals surface area (Å²) in [5.41, 5.74) is 0. The first-order valence-corrected chi connectivity index (χ1v) is 6.52. The Labute approximate surface area is 87.9 Å². The van der Waals surface area contributed by atoms with Gasteiger partial charge in [-0.3, -0.25) is 0 Å². The van der Waals surface area contributed by atoms with Crippen molar-refractivity contribution in [2.24, 2.45) is 11.8 Å². The van der Waals surface area contributed by atoms with Crippen LogP contribution in [0.3, 0.4) is 0 Å². The maximum absolute atomic E-state index is 9.43. The van der Waals surface area contributed by atoms with E-state index >= 15 is 0 Å². The summed E-state index contributed by atoms with van der Waals surface area (Å²) in [6.45, 7) is 0. The molecule has 82 valence electrons. The molecule has 2 fully saturated rings. The molecule has 1 N–H and O–H groups in total. The topological polar surface area (TPSA) is 20.2 Å². The van der Waals surface area contributed by atoms with Crippen LogP contribution in [-0.2, 0) is 0 Å². The molecule has 2 aliphatic rings. The molecule has 0 amide bonds. The van der Waals surface area contributed by atoms with Crippen molar-refractivity contribution in [3.63, 3.8) is 0 Å². The zero-order valence-electron chi connectivity index (χ0n) is 9.25. The van der Waals surface area contributed by atoms with Crippen molar-refractivity contribution in [2.75, 3.05) is 0 Å². The zero-order chi connectivity index (χ0) is 9.80. The lowest BCUT2D eigenvalue weighted by molar-refractivity contribution is 0.0986. The molecule has 0 radical (unpaired) electrons. The first kappa shape index (κ1) is 10.5. The highest BCUT2D eigenvalue weighted by molar-refractivity contribution is 4.75. The predicted molar refractivity (Wildman–Crippen MR) is 59.2 cm³/mol. The number of aliphatic hydroxyl groups excluding tert-OH is 1. The van der Waals surface area contributed by atoms with Gasteiger partial charge in [0.15, 0.2) is 0 Å². The standard InChI is InChI=1S/C13H24O/c14-13-8-6-12(7-9-13)10-11-4-2-1-3-5-11/h11-14H,1-10H2. The number of aliphatic hydroxyl groups is 1. The normalized spacial score (nSPS) is 35.8. The van der Waals surface area contributed by atoms with Crippen LogP contribution >= 0.6 is 0 Å². The summed E-state index contributed by atoms with van der Waals surface area (Å²) in [7, 11) is 0. The number of rotatable bonds is 2. The highest BCUT2D eigenvalue weighted by atomic mass is 16.3. The van der Waals surface area contributed by atoms with Crippen molar-refractivity contribution < 1.29 is 5.11 Å². The minimum Gasteiger partial charge on any atom is -0.393 e. The third kappa shape index (κ3) is 2.98. The second-order valence-electron chi connectivity index (χ2n) is 5.41. The molecule has 1 heteroatoms. The van der Waals surface area contributed by atoms with Crippen LogP contribution < -0.4 is 0 Å². The van der Waals surface area contributed by atoms with E-state index in [1.54, 1.807) is 0 Å². The Hall–Kier alpha value is -0.0400. The second kappa shape index (κ2) is 5.16. The Morgan fingerprint density at radius 2 is 1.29 bits per heavy atom. The molecule has 0 atom stereocenters. The van der Waals surface area contributed by atoms with Crippen LogP contribution in [0.15, 0.2) is 0 Å². The van der Waals surface area contributed by atoms with Crippen molar-refractivity contribution in [3.8, 4) is 0 Å². The minimum absolute atomic E-state index is 0.0256. The Morgan fingerprint density at radius 1 is 0.714 bits per heavy atom. The minimum atomic E-state index is 0.0256. The lowest BCUT2D eigenvalue weighted by Gasteiger charge is -2.30. The first-order chi connectivity index (χ1) is 6.84. The van der Waals surface area contributed by atoms with Gasteiger partial charge in [-0.25, -0.2) is 0 Å². The van der Waals surface area contributed by atoms with E-state index in [4.69, 9.17) is 0 Å². The zero-order valence-corrected chi connectivity index (χ0v) is 9.25. The van der Waals surface area contributed by atoms with E-state index in [2.05, 4.69) is 0 Å². The van der Waals surface area contributed by atoms with Crippen molar-refractivity contribution in [1.82, 2.24) is 0 Å². The average Bonchev–Trinajstić information content (AvgIpc) is 2.23. The van der Waals surface area contributed by atoms with Gasteiger partial charge in [0.05, 0.1) is 6.10 Å². The lowest BCUT2D eigenvalue weighted by atomic mass is 9.77. The lowest BCUT2D eigenvalue weighted by Crippen LogP contribution is -2.21. The van der Waals surface area contributed by atoms with Gasteiger partial charge in [-0.05, 0) is 43.9 Å². The highest BCUT2D eigenvalue weighted by Gasteiger charge is 2.23. The Bertz CT molecular complexity index is 153. The summed E-state index contributed by atoms with van der Waals surface area (Å²) < 4.78 is 0.